The molecule has 0 radical (unpaired) electrons. The minimum Gasteiger partial charge on any atom is -0.491 e. The third kappa shape index (κ3) is 3.96. The van der Waals surface area contributed by atoms with Crippen molar-refractivity contribution in [1.29, 1.82) is 0 Å². The summed E-state index contributed by atoms with van der Waals surface area (Å²) in [5.74, 6) is 1.42. The Hall–Kier alpha value is -1.55. The first-order chi connectivity index (χ1) is 9.16. The van der Waals surface area contributed by atoms with Crippen molar-refractivity contribution >= 4 is 17.0 Å². The normalized spacial score (nSPS) is 12.4. The van der Waals surface area contributed by atoms with Crippen LogP contribution in [-0.4, -0.2) is 11.6 Å². The van der Waals surface area contributed by atoms with E-state index in [9.17, 15) is 0 Å². The van der Waals surface area contributed by atoms with Crippen LogP contribution in [0.4, 0.5) is 5.69 Å². The first kappa shape index (κ1) is 13.9. The second kappa shape index (κ2) is 6.57. The third-order valence-corrected chi connectivity index (χ3v) is 3.33. The summed E-state index contributed by atoms with van der Waals surface area (Å²) in [6.45, 7) is 7.12. The van der Waals surface area contributed by atoms with E-state index >= 15 is 0 Å². The number of aromatic nitrogens is 1. The highest BCUT2D eigenvalue weighted by atomic mass is 32.1. The molecule has 3 nitrogen and oxygen atoms in total. The maximum Gasteiger partial charge on any atom is 0.142 e. The number of nitrogens with one attached hydrogen (secondary N) is 1. The van der Waals surface area contributed by atoms with E-state index in [1.807, 2.05) is 29.8 Å². The Bertz CT molecular complexity index is 497. The van der Waals surface area contributed by atoms with Gasteiger partial charge in [0.05, 0.1) is 29.5 Å². The molecule has 102 valence electrons. The molecule has 1 heterocycles. The van der Waals surface area contributed by atoms with Gasteiger partial charge in [-0.15, -0.1) is 11.3 Å². The van der Waals surface area contributed by atoms with Gasteiger partial charge in [0.15, 0.2) is 0 Å². The van der Waals surface area contributed by atoms with E-state index in [1.54, 1.807) is 11.3 Å². The predicted octanol–water partition coefficient (Wildman–Crippen LogP) is 4.35. The molecule has 4 heteroatoms. The molecule has 0 saturated heterocycles. The van der Waals surface area contributed by atoms with E-state index in [4.69, 9.17) is 4.74 Å². The average Bonchev–Trinajstić information content (AvgIpc) is 2.91. The average molecular weight is 276 g/mol. The molecule has 0 aliphatic rings. The summed E-state index contributed by atoms with van der Waals surface area (Å²) in [6, 6.07) is 8.22. The summed E-state index contributed by atoms with van der Waals surface area (Å²) in [5.41, 5.74) is 3.93. The van der Waals surface area contributed by atoms with Crippen molar-refractivity contribution in [1.82, 2.24) is 4.98 Å². The molecule has 0 saturated carbocycles. The van der Waals surface area contributed by atoms with Crippen LogP contribution in [0.25, 0.3) is 0 Å². The van der Waals surface area contributed by atoms with Crippen molar-refractivity contribution in [2.75, 3.05) is 11.9 Å². The molecular formula is C15H20N2OS. The molecule has 0 fully saturated rings. The van der Waals surface area contributed by atoms with Crippen molar-refractivity contribution in [3.8, 4) is 5.75 Å². The lowest BCUT2D eigenvalue weighted by Gasteiger charge is -2.17. The van der Waals surface area contributed by atoms with Gasteiger partial charge in [-0.3, -0.25) is 0 Å². The molecule has 2 rings (SSSR count). The zero-order chi connectivity index (χ0) is 13.7. The summed E-state index contributed by atoms with van der Waals surface area (Å²) in [5, 5.41) is 5.52. The van der Waals surface area contributed by atoms with Crippen LogP contribution in [-0.2, 0) is 0 Å². The van der Waals surface area contributed by atoms with Crippen LogP contribution in [0.5, 0.6) is 5.75 Å². The standard InChI is InChI=1S/C15H20N2OS/c1-11(2)8-18-15-7-5-4-6-13(15)17-12(3)14-9-19-10-16-14/h4-7,9-12,17H,8H2,1-3H3. The van der Waals surface area contributed by atoms with Crippen LogP contribution >= 0.6 is 11.3 Å². The molecule has 19 heavy (non-hydrogen) atoms. The summed E-state index contributed by atoms with van der Waals surface area (Å²) in [6.07, 6.45) is 0. The molecule has 1 atom stereocenters. The molecule has 1 aromatic carbocycles. The van der Waals surface area contributed by atoms with E-state index in [0.29, 0.717) is 5.92 Å². The van der Waals surface area contributed by atoms with Crippen molar-refractivity contribution in [3.05, 3.63) is 40.8 Å². The number of thiazole rings is 1. The van der Waals surface area contributed by atoms with Gasteiger partial charge in [0.1, 0.15) is 5.75 Å². The minimum atomic E-state index is 0.176. The highest BCUT2D eigenvalue weighted by Crippen LogP contribution is 2.28. The number of hydrogen-bond acceptors (Lipinski definition) is 4. The van der Waals surface area contributed by atoms with Gasteiger partial charge in [0.2, 0.25) is 0 Å². The molecule has 1 unspecified atom stereocenters. The fourth-order valence-electron chi connectivity index (χ4n) is 1.71. The highest BCUT2D eigenvalue weighted by molar-refractivity contribution is 7.07. The van der Waals surface area contributed by atoms with E-state index in [2.05, 4.69) is 36.5 Å². The van der Waals surface area contributed by atoms with E-state index in [0.717, 1.165) is 23.7 Å². The number of benzene rings is 1. The van der Waals surface area contributed by atoms with Crippen LogP contribution in [0, 0.1) is 5.92 Å². The summed E-state index contributed by atoms with van der Waals surface area (Å²) >= 11 is 1.61. The fourth-order valence-corrected chi connectivity index (χ4v) is 2.36. The zero-order valence-electron chi connectivity index (χ0n) is 11.6. The lowest BCUT2D eigenvalue weighted by molar-refractivity contribution is 0.272. The number of hydrogen-bond donors (Lipinski definition) is 1. The molecule has 1 aromatic heterocycles. The Balaban J connectivity index is 2.07. The van der Waals surface area contributed by atoms with Crippen molar-refractivity contribution in [2.24, 2.45) is 5.92 Å². The molecule has 1 N–H and O–H groups in total. The molecule has 0 aliphatic carbocycles. The van der Waals surface area contributed by atoms with E-state index in [1.165, 1.54) is 0 Å². The Morgan fingerprint density at radius 2 is 2.05 bits per heavy atom. The van der Waals surface area contributed by atoms with Crippen LogP contribution in [0.15, 0.2) is 35.2 Å². The van der Waals surface area contributed by atoms with Crippen LogP contribution < -0.4 is 10.1 Å². The van der Waals surface area contributed by atoms with Gasteiger partial charge in [-0.05, 0) is 25.0 Å². The second-order valence-corrected chi connectivity index (χ2v) is 5.70. The van der Waals surface area contributed by atoms with Crippen molar-refractivity contribution < 1.29 is 4.74 Å². The zero-order valence-corrected chi connectivity index (χ0v) is 12.4. The van der Waals surface area contributed by atoms with Gasteiger partial charge >= 0.3 is 0 Å². The Labute approximate surface area is 118 Å². The summed E-state index contributed by atoms with van der Waals surface area (Å²) < 4.78 is 5.84. The Kier molecular flexibility index (Phi) is 4.80. The van der Waals surface area contributed by atoms with E-state index in [-0.39, 0.29) is 6.04 Å². The first-order valence-corrected chi connectivity index (χ1v) is 7.47. The quantitative estimate of drug-likeness (QED) is 0.851. The van der Waals surface area contributed by atoms with Gasteiger partial charge in [0.25, 0.3) is 0 Å². The van der Waals surface area contributed by atoms with Gasteiger partial charge in [-0.25, -0.2) is 4.98 Å². The molecule has 0 spiro atoms. The van der Waals surface area contributed by atoms with Crippen molar-refractivity contribution in [2.45, 2.75) is 26.8 Å². The second-order valence-electron chi connectivity index (χ2n) is 4.98. The first-order valence-electron chi connectivity index (χ1n) is 6.53. The summed E-state index contributed by atoms with van der Waals surface area (Å²) in [4.78, 5) is 4.33. The van der Waals surface area contributed by atoms with Crippen molar-refractivity contribution in [3.63, 3.8) is 0 Å². The number of nitrogens with zero attached hydrogens (tertiary/aromatic N) is 1. The smallest absolute Gasteiger partial charge is 0.142 e. The maximum atomic E-state index is 5.84. The summed E-state index contributed by atoms with van der Waals surface area (Å²) in [7, 11) is 0. The molecular weight excluding hydrogens is 256 g/mol. The van der Waals surface area contributed by atoms with Gasteiger partial charge in [0, 0.05) is 5.38 Å². The Morgan fingerprint density at radius 1 is 1.26 bits per heavy atom. The SMILES string of the molecule is CC(C)COc1ccccc1NC(C)c1cscn1. The molecule has 2 aromatic rings. The molecule has 0 aliphatic heterocycles. The van der Waals surface area contributed by atoms with E-state index < -0.39 is 0 Å². The lowest BCUT2D eigenvalue weighted by Crippen LogP contribution is -2.10. The molecule has 0 bridgehead atoms. The van der Waals surface area contributed by atoms with Crippen LogP contribution in [0.3, 0.4) is 0 Å². The number of ether oxygens (including phenoxy) is 1. The monoisotopic (exact) mass is 276 g/mol. The predicted molar refractivity (Wildman–Crippen MR) is 80.9 cm³/mol. The lowest BCUT2D eigenvalue weighted by atomic mass is 10.2. The van der Waals surface area contributed by atoms with Crippen LogP contribution in [0.1, 0.15) is 32.5 Å². The highest BCUT2D eigenvalue weighted by Gasteiger charge is 2.10. The third-order valence-electron chi connectivity index (χ3n) is 2.73. The van der Waals surface area contributed by atoms with Crippen LogP contribution in [0.2, 0.25) is 0 Å². The Morgan fingerprint density at radius 3 is 2.74 bits per heavy atom. The number of para-hydroxylation sites is 2. The topological polar surface area (TPSA) is 34.1 Å². The van der Waals surface area contributed by atoms with Gasteiger partial charge in [-0.2, -0.15) is 0 Å². The van der Waals surface area contributed by atoms with Gasteiger partial charge in [-0.1, -0.05) is 26.0 Å². The minimum absolute atomic E-state index is 0.176. The largest absolute Gasteiger partial charge is 0.491 e. The number of anilines is 1. The molecule has 0 amide bonds. The maximum absolute atomic E-state index is 5.84. The number of rotatable bonds is 6. The fraction of sp³-hybridized carbons (Fsp3) is 0.400. The van der Waals surface area contributed by atoms with Gasteiger partial charge < -0.3 is 10.1 Å².